The highest BCUT2D eigenvalue weighted by molar-refractivity contribution is 6.10. The molecule has 0 aliphatic heterocycles. The second-order valence-corrected chi connectivity index (χ2v) is 9.55. The van der Waals surface area contributed by atoms with E-state index in [0.717, 1.165) is 11.1 Å². The maximum absolute atomic E-state index is 13.6. The second kappa shape index (κ2) is 10.3. The number of nitrogens with one attached hydrogen (secondary N) is 2. The van der Waals surface area contributed by atoms with Gasteiger partial charge in [0.1, 0.15) is 11.4 Å². The van der Waals surface area contributed by atoms with E-state index in [1.807, 2.05) is 85.0 Å². The lowest BCUT2D eigenvalue weighted by molar-refractivity contribution is 0.0962. The fourth-order valence-electron chi connectivity index (χ4n) is 5.14. The summed E-state index contributed by atoms with van der Waals surface area (Å²) in [5.74, 6) is -0.501. The molecule has 0 fully saturated rings. The number of carbonyl (C=O) groups is 2. The molecule has 2 N–H and O–H groups in total. The Labute approximate surface area is 222 Å². The van der Waals surface area contributed by atoms with Crippen LogP contribution in [0.25, 0.3) is 0 Å². The molecular formula is C33H27N3O2. The molecular weight excluding hydrogens is 470 g/mol. The van der Waals surface area contributed by atoms with Gasteiger partial charge in [-0.05, 0) is 35.4 Å². The third kappa shape index (κ3) is 4.55. The van der Waals surface area contributed by atoms with Gasteiger partial charge in [0.15, 0.2) is 11.6 Å². The van der Waals surface area contributed by atoms with Crippen LogP contribution in [0, 0.1) is 10.8 Å². The predicted octanol–water partition coefficient (Wildman–Crippen LogP) is 6.39. The highest BCUT2D eigenvalue weighted by atomic mass is 16.1. The number of hydrogen-bond acceptors (Lipinski definition) is 5. The Hall–Kier alpha value is -4.77. The molecule has 2 aromatic carbocycles. The Bertz CT molecular complexity index is 1420. The van der Waals surface area contributed by atoms with Gasteiger partial charge >= 0.3 is 0 Å². The fourth-order valence-corrected chi connectivity index (χ4v) is 5.14. The maximum atomic E-state index is 13.6. The van der Waals surface area contributed by atoms with Crippen LogP contribution in [0.1, 0.15) is 44.9 Å². The summed E-state index contributed by atoms with van der Waals surface area (Å²) in [7, 11) is 0. The highest BCUT2D eigenvalue weighted by Gasteiger charge is 2.39. The number of Topliss-reactive ketones (excluding diaryl/α,β-unsaturated/α-hetero) is 2. The number of benzene rings is 2. The monoisotopic (exact) mass is 497 g/mol. The zero-order valence-corrected chi connectivity index (χ0v) is 20.8. The van der Waals surface area contributed by atoms with E-state index in [0.29, 0.717) is 11.4 Å². The summed E-state index contributed by atoms with van der Waals surface area (Å²) < 4.78 is 0. The van der Waals surface area contributed by atoms with E-state index >= 15 is 0 Å². The van der Waals surface area contributed by atoms with E-state index < -0.39 is 10.8 Å². The van der Waals surface area contributed by atoms with Crippen molar-refractivity contribution >= 4 is 23.0 Å². The van der Waals surface area contributed by atoms with Gasteiger partial charge in [0.25, 0.3) is 0 Å². The lowest BCUT2D eigenvalue weighted by atomic mass is 9.70. The molecule has 38 heavy (non-hydrogen) atoms. The lowest BCUT2D eigenvalue weighted by Crippen LogP contribution is -2.37. The molecule has 2 atom stereocenters. The SMILES string of the molecule is N=C1C=CC=CC1(CC(=O)c1cccc(C(=O)CC2(c3ccccc3)C=CC=CC2=N)n1)c1ccccc1. The minimum absolute atomic E-state index is 0.0213. The first kappa shape index (κ1) is 24.9. The summed E-state index contributed by atoms with van der Waals surface area (Å²) >= 11 is 0. The molecule has 0 amide bonds. The van der Waals surface area contributed by atoms with Crippen LogP contribution in [0.5, 0.6) is 0 Å². The molecule has 3 aromatic rings. The summed E-state index contributed by atoms with van der Waals surface area (Å²) in [6, 6.07) is 24.0. The van der Waals surface area contributed by atoms with Crippen molar-refractivity contribution in [1.82, 2.24) is 4.98 Å². The van der Waals surface area contributed by atoms with Crippen molar-refractivity contribution in [1.29, 1.82) is 10.8 Å². The second-order valence-electron chi connectivity index (χ2n) is 9.55. The van der Waals surface area contributed by atoms with Crippen molar-refractivity contribution in [3.8, 4) is 0 Å². The topological polar surface area (TPSA) is 94.7 Å². The van der Waals surface area contributed by atoms with Gasteiger partial charge in [-0.2, -0.15) is 0 Å². The van der Waals surface area contributed by atoms with Gasteiger partial charge in [-0.25, -0.2) is 4.98 Å². The van der Waals surface area contributed by atoms with E-state index in [-0.39, 0.29) is 35.8 Å². The Morgan fingerprint density at radius 3 is 1.39 bits per heavy atom. The first-order valence-electron chi connectivity index (χ1n) is 12.5. The molecule has 186 valence electrons. The van der Waals surface area contributed by atoms with Crippen molar-refractivity contribution in [2.24, 2.45) is 0 Å². The molecule has 0 radical (unpaired) electrons. The summed E-state index contributed by atoms with van der Waals surface area (Å²) in [5.41, 5.74) is 0.924. The quantitative estimate of drug-likeness (QED) is 0.353. The van der Waals surface area contributed by atoms with Gasteiger partial charge in [-0.15, -0.1) is 0 Å². The van der Waals surface area contributed by atoms with Gasteiger partial charge in [0.05, 0.1) is 10.8 Å². The number of aromatic nitrogens is 1. The van der Waals surface area contributed by atoms with Crippen LogP contribution in [0.3, 0.4) is 0 Å². The Balaban J connectivity index is 1.44. The van der Waals surface area contributed by atoms with Crippen LogP contribution in [-0.2, 0) is 10.8 Å². The maximum Gasteiger partial charge on any atom is 0.182 e. The summed E-state index contributed by atoms with van der Waals surface area (Å²) in [4.78, 5) is 31.6. The van der Waals surface area contributed by atoms with Gasteiger partial charge in [0, 0.05) is 24.3 Å². The molecule has 0 saturated heterocycles. The van der Waals surface area contributed by atoms with Crippen LogP contribution >= 0.6 is 0 Å². The average molecular weight is 498 g/mol. The first-order chi connectivity index (χ1) is 18.4. The van der Waals surface area contributed by atoms with Gasteiger partial charge in [-0.3, -0.25) is 9.59 Å². The van der Waals surface area contributed by atoms with Crippen LogP contribution in [0.2, 0.25) is 0 Å². The van der Waals surface area contributed by atoms with Crippen molar-refractivity contribution in [3.63, 3.8) is 0 Å². The smallest absolute Gasteiger partial charge is 0.182 e. The number of nitrogens with zero attached hydrogens (tertiary/aromatic N) is 1. The minimum atomic E-state index is -0.902. The third-order valence-corrected chi connectivity index (χ3v) is 7.25. The number of carbonyl (C=O) groups excluding carboxylic acids is 2. The molecule has 2 unspecified atom stereocenters. The van der Waals surface area contributed by atoms with E-state index in [4.69, 9.17) is 10.8 Å². The molecule has 0 bridgehead atoms. The van der Waals surface area contributed by atoms with Crippen LogP contribution in [0.4, 0.5) is 0 Å². The van der Waals surface area contributed by atoms with Crippen LogP contribution in [-0.4, -0.2) is 28.0 Å². The number of allylic oxidation sites excluding steroid dienone is 8. The third-order valence-electron chi connectivity index (χ3n) is 7.25. The van der Waals surface area contributed by atoms with Crippen LogP contribution < -0.4 is 0 Å². The number of hydrogen-bond donors (Lipinski definition) is 2. The normalized spacial score (nSPS) is 22.0. The van der Waals surface area contributed by atoms with Crippen molar-refractivity contribution < 1.29 is 9.59 Å². The first-order valence-corrected chi connectivity index (χ1v) is 12.5. The van der Waals surface area contributed by atoms with E-state index in [1.165, 1.54) is 0 Å². The summed E-state index contributed by atoms with van der Waals surface area (Å²) in [6.45, 7) is 0. The van der Waals surface area contributed by atoms with Crippen molar-refractivity contribution in [3.05, 3.63) is 150 Å². The standard InChI is InChI=1S/C33H27N3O2/c34-30-18-7-9-20-32(30,24-12-3-1-4-13-24)22-28(37)26-16-11-17-27(36-26)29(38)23-33(21-10-8-19-31(33)35)25-14-5-2-6-15-25/h1-21,34-35H,22-23H2. The van der Waals surface area contributed by atoms with Gasteiger partial charge in [-0.1, -0.05) is 103 Å². The van der Waals surface area contributed by atoms with Crippen LogP contribution in [0.15, 0.2) is 127 Å². The van der Waals surface area contributed by atoms with E-state index in [2.05, 4.69) is 4.98 Å². The van der Waals surface area contributed by atoms with E-state index in [1.54, 1.807) is 42.5 Å². The van der Waals surface area contributed by atoms with Gasteiger partial charge < -0.3 is 10.8 Å². The summed E-state index contributed by atoms with van der Waals surface area (Å²) in [6.07, 6.45) is 14.5. The molecule has 5 nitrogen and oxygen atoms in total. The molecule has 0 saturated carbocycles. The van der Waals surface area contributed by atoms with E-state index in [9.17, 15) is 9.59 Å². The molecule has 5 heteroatoms. The number of pyridine rings is 1. The zero-order chi connectivity index (χ0) is 26.6. The largest absolute Gasteiger partial charge is 0.304 e. The molecule has 2 aliphatic rings. The van der Waals surface area contributed by atoms with Crippen molar-refractivity contribution in [2.75, 3.05) is 0 Å². The Kier molecular flexibility index (Phi) is 6.75. The van der Waals surface area contributed by atoms with Crippen molar-refractivity contribution in [2.45, 2.75) is 23.7 Å². The molecule has 5 rings (SSSR count). The lowest BCUT2D eigenvalue weighted by Gasteiger charge is -2.32. The molecule has 1 aromatic heterocycles. The van der Waals surface area contributed by atoms with Gasteiger partial charge in [0.2, 0.25) is 0 Å². The Morgan fingerprint density at radius 1 is 0.579 bits per heavy atom. The predicted molar refractivity (Wildman–Crippen MR) is 150 cm³/mol. The molecule has 0 spiro atoms. The highest BCUT2D eigenvalue weighted by Crippen LogP contribution is 2.36. The average Bonchev–Trinajstić information content (AvgIpc) is 2.96. The molecule has 2 aliphatic carbocycles. The number of rotatable bonds is 8. The minimum Gasteiger partial charge on any atom is -0.304 e. The molecule has 1 heterocycles. The number of ketones is 2. The fraction of sp³-hybridized carbons (Fsp3) is 0.121. The summed E-state index contributed by atoms with van der Waals surface area (Å²) in [5, 5.41) is 17.3. The Morgan fingerprint density at radius 2 is 1.00 bits per heavy atom. The zero-order valence-electron chi connectivity index (χ0n) is 20.8.